The summed E-state index contributed by atoms with van der Waals surface area (Å²) >= 11 is 0. The van der Waals surface area contributed by atoms with E-state index >= 15 is 0 Å². The topological polar surface area (TPSA) is 127 Å². The Hall–Kier alpha value is -0.570. The molecule has 5 atom stereocenters. The van der Waals surface area contributed by atoms with E-state index in [1.54, 1.807) is 0 Å². The Bertz CT molecular complexity index is 184. The van der Waals surface area contributed by atoms with E-state index in [0.29, 0.717) is 0 Å². The van der Waals surface area contributed by atoms with Gasteiger partial charge in [-0.3, -0.25) is 0 Å². The molecule has 0 heterocycles. The van der Waals surface area contributed by atoms with Gasteiger partial charge in [0.25, 0.3) is 0 Å². The number of aldehydes is 1. The van der Waals surface area contributed by atoms with Crippen molar-refractivity contribution in [3.63, 3.8) is 0 Å². The first-order valence-corrected chi connectivity index (χ1v) is 4.38. The summed E-state index contributed by atoms with van der Waals surface area (Å²) in [7, 11) is 0. The van der Waals surface area contributed by atoms with Gasteiger partial charge in [0.1, 0.15) is 24.4 Å². The first kappa shape index (κ1) is 14.4. The van der Waals surface area contributed by atoms with Crippen LogP contribution in [0.1, 0.15) is 6.92 Å². The predicted octanol–water partition coefficient (Wildman–Crippen LogP) is -3.02. The molecule has 0 radical (unpaired) electrons. The molecule has 90 valence electrons. The predicted molar refractivity (Wildman–Crippen MR) is 47.7 cm³/mol. The zero-order valence-electron chi connectivity index (χ0n) is 8.22. The van der Waals surface area contributed by atoms with Crippen molar-refractivity contribution < 1.29 is 35.1 Å². The third-order valence-electron chi connectivity index (χ3n) is 1.76. The summed E-state index contributed by atoms with van der Waals surface area (Å²) in [4.78, 5) is 10.4. The molecule has 15 heavy (non-hydrogen) atoms. The van der Waals surface area contributed by atoms with Crippen molar-refractivity contribution in [2.24, 2.45) is 0 Å². The van der Waals surface area contributed by atoms with Gasteiger partial charge in [-0.15, -0.1) is 0 Å². The van der Waals surface area contributed by atoms with Crippen molar-refractivity contribution >= 4 is 6.29 Å². The molecule has 0 saturated heterocycles. The SMILES string of the molecule is CC(O)O[C@@H](C=O)[C@@H](O)[C@H](O)[C@H](O)CO. The minimum absolute atomic E-state index is 0.185. The van der Waals surface area contributed by atoms with E-state index < -0.39 is 37.3 Å². The first-order valence-electron chi connectivity index (χ1n) is 4.38. The van der Waals surface area contributed by atoms with E-state index in [0.717, 1.165) is 0 Å². The molecule has 0 saturated carbocycles. The Morgan fingerprint density at radius 3 is 2.07 bits per heavy atom. The van der Waals surface area contributed by atoms with Crippen LogP contribution in [0.3, 0.4) is 0 Å². The van der Waals surface area contributed by atoms with Crippen LogP contribution < -0.4 is 0 Å². The normalized spacial score (nSPS) is 21.5. The fraction of sp³-hybridized carbons (Fsp3) is 0.875. The third-order valence-corrected chi connectivity index (χ3v) is 1.76. The molecule has 5 N–H and O–H groups in total. The van der Waals surface area contributed by atoms with E-state index in [4.69, 9.17) is 15.3 Å². The van der Waals surface area contributed by atoms with Crippen LogP contribution in [0.2, 0.25) is 0 Å². The van der Waals surface area contributed by atoms with E-state index in [-0.39, 0.29) is 6.29 Å². The fourth-order valence-corrected chi connectivity index (χ4v) is 0.950. The minimum Gasteiger partial charge on any atom is -0.394 e. The van der Waals surface area contributed by atoms with E-state index in [9.17, 15) is 15.0 Å². The molecule has 0 aliphatic carbocycles. The van der Waals surface area contributed by atoms with Crippen molar-refractivity contribution in [2.75, 3.05) is 6.61 Å². The monoisotopic (exact) mass is 224 g/mol. The highest BCUT2D eigenvalue weighted by molar-refractivity contribution is 5.57. The molecule has 0 bridgehead atoms. The average Bonchev–Trinajstić information content (AvgIpc) is 2.22. The van der Waals surface area contributed by atoms with Crippen LogP contribution in [0.25, 0.3) is 0 Å². The molecular weight excluding hydrogens is 208 g/mol. The summed E-state index contributed by atoms with van der Waals surface area (Å²) in [5.41, 5.74) is 0. The summed E-state index contributed by atoms with van der Waals surface area (Å²) in [6.45, 7) is 0.455. The van der Waals surface area contributed by atoms with Gasteiger partial charge in [0, 0.05) is 0 Å². The van der Waals surface area contributed by atoms with Crippen molar-refractivity contribution in [3.8, 4) is 0 Å². The van der Waals surface area contributed by atoms with E-state index in [1.807, 2.05) is 0 Å². The maximum atomic E-state index is 10.4. The smallest absolute Gasteiger partial charge is 0.152 e. The molecule has 0 spiro atoms. The lowest BCUT2D eigenvalue weighted by molar-refractivity contribution is -0.184. The molecule has 0 aliphatic rings. The zero-order valence-corrected chi connectivity index (χ0v) is 8.22. The van der Waals surface area contributed by atoms with Crippen LogP contribution in [0, 0.1) is 0 Å². The van der Waals surface area contributed by atoms with Gasteiger partial charge in [-0.25, -0.2) is 0 Å². The molecule has 7 heteroatoms. The molecule has 0 aromatic carbocycles. The van der Waals surface area contributed by atoms with Crippen LogP contribution in [0.4, 0.5) is 0 Å². The Balaban J connectivity index is 4.36. The van der Waals surface area contributed by atoms with Gasteiger partial charge >= 0.3 is 0 Å². The molecule has 0 aromatic rings. The van der Waals surface area contributed by atoms with Crippen molar-refractivity contribution in [2.45, 2.75) is 37.6 Å². The number of carbonyl (C=O) groups is 1. The van der Waals surface area contributed by atoms with E-state index in [1.165, 1.54) is 6.92 Å². The highest BCUT2D eigenvalue weighted by atomic mass is 16.6. The van der Waals surface area contributed by atoms with Crippen molar-refractivity contribution in [3.05, 3.63) is 0 Å². The minimum atomic E-state index is -1.73. The number of hydrogen-bond acceptors (Lipinski definition) is 7. The number of aliphatic hydroxyl groups excluding tert-OH is 5. The molecule has 0 amide bonds. The second-order valence-corrected chi connectivity index (χ2v) is 3.07. The van der Waals surface area contributed by atoms with Gasteiger partial charge < -0.3 is 35.1 Å². The van der Waals surface area contributed by atoms with E-state index in [2.05, 4.69) is 4.74 Å². The number of ether oxygens (including phenoxy) is 1. The first-order chi connectivity index (χ1) is 6.93. The second kappa shape index (κ2) is 6.83. The molecule has 7 nitrogen and oxygen atoms in total. The quantitative estimate of drug-likeness (QED) is 0.230. The lowest BCUT2D eigenvalue weighted by atomic mass is 10.0. The van der Waals surface area contributed by atoms with Crippen LogP contribution in [-0.4, -0.2) is 69.1 Å². The molecule has 0 rings (SSSR count). The molecule has 0 fully saturated rings. The Kier molecular flexibility index (Phi) is 6.57. The van der Waals surface area contributed by atoms with Gasteiger partial charge in [-0.2, -0.15) is 0 Å². The maximum Gasteiger partial charge on any atom is 0.152 e. The summed E-state index contributed by atoms with van der Waals surface area (Å²) in [6, 6.07) is 0. The Morgan fingerprint density at radius 1 is 1.20 bits per heavy atom. The standard InChI is InChI=1S/C8H16O7/c1-4(11)15-6(3-10)8(14)7(13)5(12)2-9/h3-9,11-14H,2H2,1H3/t4?,5-,6+,7-,8-/m1/s1. The molecule has 0 aromatic heterocycles. The van der Waals surface area contributed by atoms with Crippen LogP contribution in [-0.2, 0) is 9.53 Å². The maximum absolute atomic E-state index is 10.4. The zero-order chi connectivity index (χ0) is 12.0. The summed E-state index contributed by atoms with van der Waals surface area (Å²) in [5.74, 6) is 0. The van der Waals surface area contributed by atoms with Gasteiger partial charge in [-0.1, -0.05) is 0 Å². The molecule has 0 aliphatic heterocycles. The van der Waals surface area contributed by atoms with Gasteiger partial charge in [0.2, 0.25) is 0 Å². The number of rotatable bonds is 7. The Labute approximate surface area is 86.5 Å². The highest BCUT2D eigenvalue weighted by Crippen LogP contribution is 2.08. The highest BCUT2D eigenvalue weighted by Gasteiger charge is 2.32. The van der Waals surface area contributed by atoms with Gasteiger partial charge in [0.15, 0.2) is 12.6 Å². The number of carbonyl (C=O) groups excluding carboxylic acids is 1. The lowest BCUT2D eigenvalue weighted by Crippen LogP contribution is -2.48. The van der Waals surface area contributed by atoms with Crippen LogP contribution in [0.5, 0.6) is 0 Å². The average molecular weight is 224 g/mol. The summed E-state index contributed by atoms with van der Waals surface area (Å²) in [6.07, 6.45) is -7.62. The van der Waals surface area contributed by atoms with Crippen molar-refractivity contribution in [1.29, 1.82) is 0 Å². The summed E-state index contributed by atoms with van der Waals surface area (Å²) in [5, 5.41) is 44.8. The summed E-state index contributed by atoms with van der Waals surface area (Å²) < 4.78 is 4.56. The molecule has 1 unspecified atom stereocenters. The Morgan fingerprint density at radius 2 is 1.73 bits per heavy atom. The number of aliphatic hydroxyl groups is 5. The van der Waals surface area contributed by atoms with Crippen LogP contribution >= 0.6 is 0 Å². The van der Waals surface area contributed by atoms with Gasteiger partial charge in [-0.05, 0) is 6.92 Å². The van der Waals surface area contributed by atoms with Crippen molar-refractivity contribution in [1.82, 2.24) is 0 Å². The largest absolute Gasteiger partial charge is 0.394 e. The fourth-order valence-electron chi connectivity index (χ4n) is 0.950. The van der Waals surface area contributed by atoms with Gasteiger partial charge in [0.05, 0.1) is 6.61 Å². The molecular formula is C8H16O7. The lowest BCUT2D eigenvalue weighted by Gasteiger charge is -2.26. The third kappa shape index (κ3) is 4.65. The number of hydrogen-bond donors (Lipinski definition) is 5. The van der Waals surface area contributed by atoms with Crippen LogP contribution in [0.15, 0.2) is 0 Å². The second-order valence-electron chi connectivity index (χ2n) is 3.07.